The van der Waals surface area contributed by atoms with Gasteiger partial charge in [-0.1, -0.05) is 12.1 Å². The third-order valence-corrected chi connectivity index (χ3v) is 3.90. The minimum absolute atomic E-state index is 0.143. The zero-order chi connectivity index (χ0) is 17.6. The van der Waals surface area contributed by atoms with Crippen LogP contribution in [0.2, 0.25) is 0 Å². The van der Waals surface area contributed by atoms with Crippen molar-refractivity contribution in [3.8, 4) is 17.0 Å². The smallest absolute Gasteiger partial charge is 0.232 e. The maximum absolute atomic E-state index is 12.5. The quantitative estimate of drug-likeness (QED) is 0.775. The second-order valence-electron chi connectivity index (χ2n) is 5.48. The predicted molar refractivity (Wildman–Crippen MR) is 95.3 cm³/mol. The molecule has 0 aliphatic heterocycles. The number of ether oxygens (including phenoxy) is 1. The first-order valence-corrected chi connectivity index (χ1v) is 7.85. The highest BCUT2D eigenvalue weighted by atomic mass is 16.5. The van der Waals surface area contributed by atoms with E-state index in [1.807, 2.05) is 43.3 Å². The molecule has 0 saturated carbocycles. The molecule has 1 aromatic carbocycles. The normalized spacial score (nSPS) is 11.6. The molecule has 0 spiro atoms. The van der Waals surface area contributed by atoms with E-state index in [-0.39, 0.29) is 11.8 Å². The number of pyridine rings is 1. The fraction of sp³-hybridized carbons (Fsp3) is 0.158. The van der Waals surface area contributed by atoms with E-state index in [0.717, 1.165) is 11.1 Å². The number of hydrogen-bond donors (Lipinski definition) is 1. The molecule has 25 heavy (non-hydrogen) atoms. The van der Waals surface area contributed by atoms with E-state index >= 15 is 0 Å². The van der Waals surface area contributed by atoms with Gasteiger partial charge in [0.1, 0.15) is 17.9 Å². The lowest BCUT2D eigenvalue weighted by molar-refractivity contribution is -0.117. The zero-order valence-electron chi connectivity index (χ0n) is 14.0. The van der Waals surface area contributed by atoms with Gasteiger partial charge >= 0.3 is 0 Å². The van der Waals surface area contributed by atoms with E-state index in [1.54, 1.807) is 25.6 Å². The number of nitrogens with one attached hydrogen (secondary N) is 1. The summed E-state index contributed by atoms with van der Waals surface area (Å²) in [5, 5.41) is 2.84. The summed E-state index contributed by atoms with van der Waals surface area (Å²) in [6.07, 6.45) is 4.77. The number of anilines is 1. The van der Waals surface area contributed by atoms with Gasteiger partial charge in [0.05, 0.1) is 18.7 Å². The summed E-state index contributed by atoms with van der Waals surface area (Å²) in [7, 11) is 1.61. The van der Waals surface area contributed by atoms with Gasteiger partial charge in [0, 0.05) is 24.0 Å². The fourth-order valence-electron chi connectivity index (χ4n) is 2.47. The van der Waals surface area contributed by atoms with E-state index in [9.17, 15) is 4.79 Å². The van der Waals surface area contributed by atoms with Crippen LogP contribution in [0.4, 0.5) is 5.82 Å². The van der Waals surface area contributed by atoms with Crippen molar-refractivity contribution in [2.24, 2.45) is 0 Å². The Morgan fingerprint density at radius 3 is 2.64 bits per heavy atom. The van der Waals surface area contributed by atoms with Crippen LogP contribution in [0.1, 0.15) is 18.4 Å². The highest BCUT2D eigenvalue weighted by Gasteiger charge is 2.16. The lowest BCUT2D eigenvalue weighted by atomic mass is 10.0. The molecule has 3 rings (SSSR count). The number of para-hydroxylation sites is 1. The monoisotopic (exact) mass is 334 g/mol. The summed E-state index contributed by atoms with van der Waals surface area (Å²) in [5.74, 6) is 0.703. The third-order valence-electron chi connectivity index (χ3n) is 3.90. The molecule has 1 unspecified atom stereocenters. The number of methoxy groups -OCH3 is 1. The molecule has 0 radical (unpaired) electrons. The van der Waals surface area contributed by atoms with Gasteiger partial charge in [0.25, 0.3) is 0 Å². The number of carbonyl (C=O) groups is 1. The Kier molecular flexibility index (Phi) is 4.99. The lowest BCUT2D eigenvalue weighted by Crippen LogP contribution is -2.19. The number of rotatable bonds is 5. The van der Waals surface area contributed by atoms with Gasteiger partial charge in [-0.25, -0.2) is 9.97 Å². The first kappa shape index (κ1) is 16.6. The van der Waals surface area contributed by atoms with Crippen molar-refractivity contribution in [3.63, 3.8) is 0 Å². The molecule has 126 valence electrons. The Morgan fingerprint density at radius 2 is 1.88 bits per heavy atom. The lowest BCUT2D eigenvalue weighted by Gasteiger charge is -2.13. The highest BCUT2D eigenvalue weighted by Crippen LogP contribution is 2.28. The van der Waals surface area contributed by atoms with Crippen molar-refractivity contribution in [2.45, 2.75) is 12.8 Å². The molecule has 3 aromatic rings. The van der Waals surface area contributed by atoms with E-state index < -0.39 is 0 Å². The summed E-state index contributed by atoms with van der Waals surface area (Å²) in [5.41, 5.74) is 2.41. The van der Waals surface area contributed by atoms with E-state index in [1.165, 1.54) is 6.33 Å². The predicted octanol–water partition coefficient (Wildman–Crippen LogP) is 3.29. The molecule has 1 amide bonds. The number of aromatic nitrogens is 3. The Balaban J connectivity index is 1.81. The van der Waals surface area contributed by atoms with Crippen molar-refractivity contribution in [3.05, 3.63) is 66.7 Å². The van der Waals surface area contributed by atoms with Gasteiger partial charge in [0.2, 0.25) is 5.91 Å². The minimum atomic E-state index is -0.312. The molecule has 0 fully saturated rings. The molecule has 0 aliphatic rings. The number of amides is 1. The standard InChI is InChI=1S/C19H18N4O2/c1-13(14-7-9-20-10-8-14)19(24)23-18-11-16(21-12-22-18)15-5-3-4-6-17(15)25-2/h3-13H,1-2H3,(H,21,22,23,24). The number of hydrogen-bond acceptors (Lipinski definition) is 5. The van der Waals surface area contributed by atoms with Crippen molar-refractivity contribution in [2.75, 3.05) is 12.4 Å². The van der Waals surface area contributed by atoms with Crippen molar-refractivity contribution >= 4 is 11.7 Å². The molecule has 1 atom stereocenters. The number of nitrogens with zero attached hydrogens (tertiary/aromatic N) is 3. The van der Waals surface area contributed by atoms with Crippen LogP contribution in [-0.2, 0) is 4.79 Å². The summed E-state index contributed by atoms with van der Waals surface area (Å²) in [6, 6.07) is 12.9. The van der Waals surface area contributed by atoms with Gasteiger partial charge < -0.3 is 10.1 Å². The van der Waals surface area contributed by atoms with Crippen LogP contribution in [0.5, 0.6) is 5.75 Å². The Morgan fingerprint density at radius 1 is 1.12 bits per heavy atom. The Bertz CT molecular complexity index is 868. The van der Waals surface area contributed by atoms with Crippen LogP contribution in [0, 0.1) is 0 Å². The van der Waals surface area contributed by atoms with E-state index in [0.29, 0.717) is 17.3 Å². The van der Waals surface area contributed by atoms with Gasteiger partial charge in [-0.05, 0) is 36.8 Å². The summed E-state index contributed by atoms with van der Waals surface area (Å²) >= 11 is 0. The fourth-order valence-corrected chi connectivity index (χ4v) is 2.47. The maximum Gasteiger partial charge on any atom is 0.232 e. The summed E-state index contributed by atoms with van der Waals surface area (Å²) in [6.45, 7) is 1.84. The minimum Gasteiger partial charge on any atom is -0.496 e. The zero-order valence-corrected chi connectivity index (χ0v) is 14.0. The topological polar surface area (TPSA) is 77.0 Å². The van der Waals surface area contributed by atoms with Crippen LogP contribution in [0.3, 0.4) is 0 Å². The van der Waals surface area contributed by atoms with Crippen molar-refractivity contribution in [1.82, 2.24) is 15.0 Å². The van der Waals surface area contributed by atoms with Crippen molar-refractivity contribution < 1.29 is 9.53 Å². The van der Waals surface area contributed by atoms with Crippen molar-refractivity contribution in [1.29, 1.82) is 0 Å². The molecular weight excluding hydrogens is 316 g/mol. The molecule has 6 heteroatoms. The molecular formula is C19H18N4O2. The average molecular weight is 334 g/mol. The first-order valence-electron chi connectivity index (χ1n) is 7.85. The molecule has 1 N–H and O–H groups in total. The second kappa shape index (κ2) is 7.53. The summed E-state index contributed by atoms with van der Waals surface area (Å²) in [4.78, 5) is 24.9. The average Bonchev–Trinajstić information content (AvgIpc) is 2.68. The molecule has 2 heterocycles. The SMILES string of the molecule is COc1ccccc1-c1cc(NC(=O)C(C)c2ccncc2)ncn1. The summed E-state index contributed by atoms with van der Waals surface area (Å²) < 4.78 is 5.36. The third kappa shape index (κ3) is 3.80. The molecule has 2 aromatic heterocycles. The molecule has 0 aliphatic carbocycles. The molecule has 6 nitrogen and oxygen atoms in total. The van der Waals surface area contributed by atoms with Crippen LogP contribution < -0.4 is 10.1 Å². The Labute approximate surface area is 145 Å². The number of carbonyl (C=O) groups excluding carboxylic acids is 1. The van der Waals surface area contributed by atoms with Gasteiger partial charge in [-0.3, -0.25) is 9.78 Å². The second-order valence-corrected chi connectivity index (χ2v) is 5.48. The molecule has 0 bridgehead atoms. The molecule has 0 saturated heterocycles. The Hall–Kier alpha value is -3.28. The first-order chi connectivity index (χ1) is 12.2. The van der Waals surface area contributed by atoms with Gasteiger partial charge in [-0.15, -0.1) is 0 Å². The largest absolute Gasteiger partial charge is 0.496 e. The van der Waals surface area contributed by atoms with Crippen LogP contribution in [0.25, 0.3) is 11.3 Å². The van der Waals surface area contributed by atoms with E-state index in [4.69, 9.17) is 4.74 Å². The van der Waals surface area contributed by atoms with Gasteiger partial charge in [0.15, 0.2) is 0 Å². The highest BCUT2D eigenvalue weighted by molar-refractivity contribution is 5.95. The van der Waals surface area contributed by atoms with E-state index in [2.05, 4.69) is 20.3 Å². The van der Waals surface area contributed by atoms with Gasteiger partial charge in [-0.2, -0.15) is 0 Å². The maximum atomic E-state index is 12.5. The number of benzene rings is 1. The van der Waals surface area contributed by atoms with Crippen LogP contribution >= 0.6 is 0 Å². The van der Waals surface area contributed by atoms with Crippen LogP contribution in [0.15, 0.2) is 61.2 Å². The van der Waals surface area contributed by atoms with Crippen LogP contribution in [-0.4, -0.2) is 28.0 Å².